The average Bonchev–Trinajstić information content (AvgIpc) is 2.77. The maximum atomic E-state index is 12.7. The minimum absolute atomic E-state index is 0.0248. The summed E-state index contributed by atoms with van der Waals surface area (Å²) in [5, 5.41) is 8.08. The summed E-state index contributed by atoms with van der Waals surface area (Å²) >= 11 is 6.47. The molecule has 1 aromatic carbocycles. The van der Waals surface area contributed by atoms with Gasteiger partial charge in [-0.25, -0.2) is 9.89 Å². The number of amides is 1. The molecular weight excluding hydrogens is 357 g/mol. The van der Waals surface area contributed by atoms with Crippen molar-refractivity contribution in [3.63, 3.8) is 0 Å². The van der Waals surface area contributed by atoms with Gasteiger partial charge in [0.15, 0.2) is 5.16 Å². The second-order valence-corrected chi connectivity index (χ2v) is 5.75. The Labute approximate surface area is 137 Å². The quantitative estimate of drug-likeness (QED) is 0.815. The van der Waals surface area contributed by atoms with Gasteiger partial charge in [-0.05, 0) is 18.2 Å². The monoisotopic (exact) mass is 366 g/mol. The largest absolute Gasteiger partial charge is 0.417 e. The highest BCUT2D eigenvalue weighted by molar-refractivity contribution is 7.99. The molecular formula is C12H10ClF3N4O2S. The standard InChI is InChI=1S/C12H10ClF3N4O2S/c1-20-10(22)18-19-11(20)23-5-9(21)17-6-2-3-8(13)7(4-6)12(14,15)16/h2-4H,5H2,1H3,(H,17,21)(H,18,22). The van der Waals surface area contributed by atoms with Gasteiger partial charge in [-0.1, -0.05) is 23.4 Å². The molecule has 0 aliphatic carbocycles. The first-order valence-corrected chi connectivity index (χ1v) is 7.45. The first-order chi connectivity index (χ1) is 10.7. The van der Waals surface area contributed by atoms with E-state index in [1.807, 2.05) is 0 Å². The van der Waals surface area contributed by atoms with Crippen LogP contribution in [0.3, 0.4) is 0 Å². The van der Waals surface area contributed by atoms with Crippen molar-refractivity contribution in [2.75, 3.05) is 11.1 Å². The van der Waals surface area contributed by atoms with Crippen LogP contribution in [0.4, 0.5) is 18.9 Å². The number of H-pyrrole nitrogens is 1. The number of rotatable bonds is 4. The molecule has 0 unspecified atom stereocenters. The van der Waals surface area contributed by atoms with Crippen molar-refractivity contribution in [1.29, 1.82) is 0 Å². The van der Waals surface area contributed by atoms with E-state index in [9.17, 15) is 22.8 Å². The third-order valence-electron chi connectivity index (χ3n) is 2.73. The Balaban J connectivity index is 2.03. The number of hydrogen-bond acceptors (Lipinski definition) is 4. The lowest BCUT2D eigenvalue weighted by Gasteiger charge is -2.11. The smallest absolute Gasteiger partial charge is 0.325 e. The highest BCUT2D eigenvalue weighted by Gasteiger charge is 2.33. The Kier molecular flexibility index (Phi) is 5.05. The molecule has 0 fully saturated rings. The number of carbonyl (C=O) groups is 1. The predicted octanol–water partition coefficient (Wildman–Crippen LogP) is 2.51. The van der Waals surface area contributed by atoms with Crippen molar-refractivity contribution in [2.24, 2.45) is 7.05 Å². The Morgan fingerprint density at radius 2 is 2.17 bits per heavy atom. The molecule has 2 aromatic rings. The average molecular weight is 367 g/mol. The van der Waals surface area contributed by atoms with Crippen LogP contribution in [-0.2, 0) is 18.0 Å². The molecule has 11 heteroatoms. The number of thioether (sulfide) groups is 1. The number of nitrogens with zero attached hydrogens (tertiary/aromatic N) is 2. The minimum atomic E-state index is -4.61. The van der Waals surface area contributed by atoms with E-state index in [1.54, 1.807) is 0 Å². The number of aromatic nitrogens is 3. The molecule has 124 valence electrons. The van der Waals surface area contributed by atoms with Crippen molar-refractivity contribution < 1.29 is 18.0 Å². The van der Waals surface area contributed by atoms with E-state index in [0.717, 1.165) is 23.9 Å². The molecule has 0 aliphatic rings. The first-order valence-electron chi connectivity index (χ1n) is 6.09. The maximum absolute atomic E-state index is 12.7. The van der Waals surface area contributed by atoms with Gasteiger partial charge in [0.25, 0.3) is 0 Å². The molecule has 1 heterocycles. The molecule has 0 saturated heterocycles. The zero-order valence-electron chi connectivity index (χ0n) is 11.6. The number of halogens is 4. The van der Waals surface area contributed by atoms with Gasteiger partial charge in [0, 0.05) is 12.7 Å². The summed E-state index contributed by atoms with van der Waals surface area (Å²) in [6.07, 6.45) is -4.61. The summed E-state index contributed by atoms with van der Waals surface area (Å²) < 4.78 is 39.4. The van der Waals surface area contributed by atoms with Crippen LogP contribution in [0.2, 0.25) is 5.02 Å². The van der Waals surface area contributed by atoms with Gasteiger partial charge in [0.2, 0.25) is 5.91 Å². The number of aromatic amines is 1. The molecule has 0 atom stereocenters. The molecule has 0 spiro atoms. The lowest BCUT2D eigenvalue weighted by Crippen LogP contribution is -2.16. The van der Waals surface area contributed by atoms with E-state index in [4.69, 9.17) is 11.6 Å². The summed E-state index contributed by atoms with van der Waals surface area (Å²) in [6.45, 7) is 0. The fraction of sp³-hybridized carbons (Fsp3) is 0.250. The Hall–Kier alpha value is -1.94. The summed E-state index contributed by atoms with van der Waals surface area (Å²) in [5.74, 6) is -0.664. The Morgan fingerprint density at radius 3 is 2.74 bits per heavy atom. The highest BCUT2D eigenvalue weighted by atomic mass is 35.5. The molecule has 2 rings (SSSR count). The summed E-state index contributed by atoms with van der Waals surface area (Å²) in [4.78, 5) is 22.9. The zero-order chi connectivity index (χ0) is 17.2. The normalized spacial score (nSPS) is 11.5. The number of nitrogens with one attached hydrogen (secondary N) is 2. The topological polar surface area (TPSA) is 79.8 Å². The Morgan fingerprint density at radius 1 is 1.48 bits per heavy atom. The Bertz CT molecular complexity index is 787. The SMILES string of the molecule is Cn1c(SCC(=O)Nc2ccc(Cl)c(C(F)(F)F)c2)n[nH]c1=O. The lowest BCUT2D eigenvalue weighted by molar-refractivity contribution is -0.137. The van der Waals surface area contributed by atoms with E-state index < -0.39 is 28.4 Å². The molecule has 0 aliphatic heterocycles. The van der Waals surface area contributed by atoms with Crippen LogP contribution in [0.5, 0.6) is 0 Å². The van der Waals surface area contributed by atoms with Crippen molar-refractivity contribution in [3.05, 3.63) is 39.3 Å². The molecule has 1 aromatic heterocycles. The molecule has 23 heavy (non-hydrogen) atoms. The summed E-state index contributed by atoms with van der Waals surface area (Å²) in [6, 6.07) is 3.09. The fourth-order valence-electron chi connectivity index (χ4n) is 1.61. The molecule has 2 N–H and O–H groups in total. The third-order valence-corrected chi connectivity index (χ3v) is 4.09. The minimum Gasteiger partial charge on any atom is -0.325 e. The second kappa shape index (κ2) is 6.67. The zero-order valence-corrected chi connectivity index (χ0v) is 13.1. The van der Waals surface area contributed by atoms with E-state index in [0.29, 0.717) is 0 Å². The van der Waals surface area contributed by atoms with Gasteiger partial charge < -0.3 is 5.32 Å². The summed E-state index contributed by atoms with van der Waals surface area (Å²) in [7, 11) is 1.47. The second-order valence-electron chi connectivity index (χ2n) is 4.40. The number of hydrogen-bond donors (Lipinski definition) is 2. The lowest BCUT2D eigenvalue weighted by atomic mass is 10.2. The predicted molar refractivity (Wildman–Crippen MR) is 79.6 cm³/mol. The molecule has 6 nitrogen and oxygen atoms in total. The van der Waals surface area contributed by atoms with Crippen LogP contribution in [0, 0.1) is 0 Å². The van der Waals surface area contributed by atoms with Crippen LogP contribution in [0.15, 0.2) is 28.2 Å². The maximum Gasteiger partial charge on any atom is 0.417 e. The highest BCUT2D eigenvalue weighted by Crippen LogP contribution is 2.36. The van der Waals surface area contributed by atoms with Crippen LogP contribution < -0.4 is 11.0 Å². The first kappa shape index (κ1) is 17.4. The van der Waals surface area contributed by atoms with Gasteiger partial charge in [0.1, 0.15) is 0 Å². The number of anilines is 1. The van der Waals surface area contributed by atoms with Crippen molar-refractivity contribution in [3.8, 4) is 0 Å². The van der Waals surface area contributed by atoms with Gasteiger partial charge in [0.05, 0.1) is 16.3 Å². The number of carbonyl (C=O) groups excluding carboxylic acids is 1. The van der Waals surface area contributed by atoms with Gasteiger partial charge in [-0.2, -0.15) is 13.2 Å². The number of alkyl halides is 3. The molecule has 0 radical (unpaired) electrons. The molecule has 0 bridgehead atoms. The van der Waals surface area contributed by atoms with Gasteiger partial charge >= 0.3 is 11.9 Å². The van der Waals surface area contributed by atoms with Gasteiger partial charge in [-0.15, -0.1) is 5.10 Å². The van der Waals surface area contributed by atoms with Crippen molar-refractivity contribution >= 4 is 35.0 Å². The van der Waals surface area contributed by atoms with Crippen LogP contribution in [0.25, 0.3) is 0 Å². The van der Waals surface area contributed by atoms with Crippen molar-refractivity contribution in [1.82, 2.24) is 14.8 Å². The van der Waals surface area contributed by atoms with Crippen LogP contribution in [0.1, 0.15) is 5.56 Å². The van der Waals surface area contributed by atoms with E-state index in [2.05, 4.69) is 15.5 Å². The van der Waals surface area contributed by atoms with Crippen molar-refractivity contribution in [2.45, 2.75) is 11.3 Å². The fourth-order valence-corrected chi connectivity index (χ4v) is 2.55. The van der Waals surface area contributed by atoms with E-state index >= 15 is 0 Å². The third kappa shape index (κ3) is 4.29. The van der Waals surface area contributed by atoms with Gasteiger partial charge in [-0.3, -0.25) is 9.36 Å². The van der Waals surface area contributed by atoms with E-state index in [-0.39, 0.29) is 16.6 Å². The molecule has 0 saturated carbocycles. The molecule has 1 amide bonds. The summed E-state index contributed by atoms with van der Waals surface area (Å²) in [5.41, 5.74) is -1.48. The van der Waals surface area contributed by atoms with E-state index in [1.165, 1.54) is 17.7 Å². The number of benzene rings is 1. The van der Waals surface area contributed by atoms with Crippen LogP contribution in [-0.4, -0.2) is 26.4 Å². The van der Waals surface area contributed by atoms with Crippen LogP contribution >= 0.6 is 23.4 Å².